The summed E-state index contributed by atoms with van der Waals surface area (Å²) in [4.78, 5) is 19.1. The lowest BCUT2D eigenvalue weighted by molar-refractivity contribution is -0.116. The van der Waals surface area contributed by atoms with Gasteiger partial charge in [0, 0.05) is 7.11 Å². The number of hydrogen-bond donors (Lipinski definition) is 1. The second-order valence-corrected chi connectivity index (χ2v) is 6.88. The molecule has 0 radical (unpaired) electrons. The van der Waals surface area contributed by atoms with Crippen LogP contribution in [0.25, 0.3) is 11.0 Å². The van der Waals surface area contributed by atoms with E-state index in [9.17, 15) is 4.79 Å². The van der Waals surface area contributed by atoms with Gasteiger partial charge in [0.1, 0.15) is 24.0 Å². The van der Waals surface area contributed by atoms with E-state index in [1.165, 1.54) is 11.3 Å². The lowest BCUT2D eigenvalue weighted by atomic mass is 10.3. The molecule has 0 aliphatic rings. The van der Waals surface area contributed by atoms with Gasteiger partial charge in [0.05, 0.1) is 17.6 Å². The zero-order valence-electron chi connectivity index (χ0n) is 14.4. The minimum atomic E-state index is -0.164. The number of anilines is 1. The van der Waals surface area contributed by atoms with E-state index in [1.807, 2.05) is 47.8 Å². The molecule has 0 fully saturated rings. The van der Waals surface area contributed by atoms with Gasteiger partial charge in [-0.3, -0.25) is 10.1 Å². The molecule has 8 nitrogen and oxygen atoms in total. The van der Waals surface area contributed by atoms with E-state index in [0.717, 1.165) is 21.9 Å². The maximum absolute atomic E-state index is 12.5. The number of benzene rings is 1. The standard InChI is InChI=1S/C16H20N6O2S/c1-21(2)8-13-17-11-6-4-5-7-12(11)22(13)9-14(23)18-16-20-19-15(25-16)10-24-3/h4-7H,8-10H2,1-3H3,(H,18,20,23). The van der Waals surface area contributed by atoms with Gasteiger partial charge in [-0.15, -0.1) is 10.2 Å². The van der Waals surface area contributed by atoms with Gasteiger partial charge in [0.15, 0.2) is 0 Å². The second-order valence-electron chi connectivity index (χ2n) is 5.82. The van der Waals surface area contributed by atoms with Crippen molar-refractivity contribution in [3.05, 3.63) is 35.1 Å². The number of aromatic nitrogens is 4. The Morgan fingerprint density at radius 2 is 2.12 bits per heavy atom. The van der Waals surface area contributed by atoms with Gasteiger partial charge in [0.25, 0.3) is 0 Å². The number of carbonyl (C=O) groups is 1. The maximum Gasteiger partial charge on any atom is 0.246 e. The number of nitrogens with zero attached hydrogens (tertiary/aromatic N) is 5. The molecular weight excluding hydrogens is 340 g/mol. The summed E-state index contributed by atoms with van der Waals surface area (Å²) in [5.74, 6) is 0.682. The lowest BCUT2D eigenvalue weighted by Crippen LogP contribution is -2.22. The number of nitrogens with one attached hydrogen (secondary N) is 1. The maximum atomic E-state index is 12.5. The Hall–Kier alpha value is -2.36. The molecule has 2 aromatic heterocycles. The minimum Gasteiger partial charge on any atom is -0.377 e. The van der Waals surface area contributed by atoms with Crippen molar-refractivity contribution in [3.63, 3.8) is 0 Å². The summed E-state index contributed by atoms with van der Waals surface area (Å²) in [6, 6.07) is 7.80. The number of para-hydroxylation sites is 2. The van der Waals surface area contributed by atoms with Crippen LogP contribution in [0, 0.1) is 0 Å². The van der Waals surface area contributed by atoms with Crippen molar-refractivity contribution in [1.82, 2.24) is 24.6 Å². The Morgan fingerprint density at radius 3 is 2.88 bits per heavy atom. The molecule has 0 aliphatic heterocycles. The SMILES string of the molecule is COCc1nnc(NC(=O)Cn2c(CN(C)C)nc3ccccc32)s1. The molecule has 0 aliphatic carbocycles. The number of imidazole rings is 1. The van der Waals surface area contributed by atoms with Gasteiger partial charge in [0.2, 0.25) is 11.0 Å². The highest BCUT2D eigenvalue weighted by atomic mass is 32.1. The van der Waals surface area contributed by atoms with Crippen LogP contribution in [0.15, 0.2) is 24.3 Å². The fraction of sp³-hybridized carbons (Fsp3) is 0.375. The van der Waals surface area contributed by atoms with Gasteiger partial charge in [-0.25, -0.2) is 4.98 Å². The molecule has 1 amide bonds. The largest absolute Gasteiger partial charge is 0.377 e. The first-order valence-corrected chi connectivity index (χ1v) is 8.58. The number of ether oxygens (including phenoxy) is 1. The summed E-state index contributed by atoms with van der Waals surface area (Å²) >= 11 is 1.30. The Bertz CT molecular complexity index is 873. The summed E-state index contributed by atoms with van der Waals surface area (Å²) in [7, 11) is 5.54. The summed E-state index contributed by atoms with van der Waals surface area (Å²) in [5.41, 5.74) is 1.82. The van der Waals surface area contributed by atoms with Crippen molar-refractivity contribution < 1.29 is 9.53 Å². The summed E-state index contributed by atoms with van der Waals surface area (Å²) in [6.45, 7) is 1.20. The molecule has 3 aromatic rings. The topological polar surface area (TPSA) is 85.2 Å². The summed E-state index contributed by atoms with van der Waals surface area (Å²) in [6.07, 6.45) is 0. The number of rotatable bonds is 7. The smallest absolute Gasteiger partial charge is 0.246 e. The lowest BCUT2D eigenvalue weighted by Gasteiger charge is -2.12. The predicted octanol–water partition coefficient (Wildman–Crippen LogP) is 1.73. The first-order chi connectivity index (χ1) is 12.1. The third-order valence-corrected chi connectivity index (χ3v) is 4.29. The molecule has 132 valence electrons. The number of fused-ring (bicyclic) bond motifs is 1. The third kappa shape index (κ3) is 4.19. The molecular formula is C16H20N6O2S. The number of methoxy groups -OCH3 is 1. The molecule has 25 heavy (non-hydrogen) atoms. The van der Waals surface area contributed by atoms with E-state index in [4.69, 9.17) is 4.74 Å². The number of carbonyl (C=O) groups excluding carboxylic acids is 1. The van der Waals surface area contributed by atoms with Gasteiger partial charge >= 0.3 is 0 Å². The zero-order chi connectivity index (χ0) is 17.8. The Kier molecular flexibility index (Phi) is 5.37. The van der Waals surface area contributed by atoms with Crippen LogP contribution < -0.4 is 5.32 Å². The zero-order valence-corrected chi connectivity index (χ0v) is 15.2. The monoisotopic (exact) mass is 360 g/mol. The van der Waals surface area contributed by atoms with Crippen LogP contribution in [0.1, 0.15) is 10.8 Å². The van der Waals surface area contributed by atoms with Crippen LogP contribution in [-0.2, 0) is 29.2 Å². The van der Waals surface area contributed by atoms with E-state index in [-0.39, 0.29) is 12.5 Å². The molecule has 1 N–H and O–H groups in total. The first-order valence-electron chi connectivity index (χ1n) is 7.77. The Labute approximate surface area is 149 Å². The van der Waals surface area contributed by atoms with Gasteiger partial charge in [-0.1, -0.05) is 23.5 Å². The molecule has 9 heteroatoms. The summed E-state index contributed by atoms with van der Waals surface area (Å²) in [5, 5.41) is 11.9. The first kappa shape index (κ1) is 17.5. The predicted molar refractivity (Wildman–Crippen MR) is 96.4 cm³/mol. The Morgan fingerprint density at radius 1 is 1.32 bits per heavy atom. The van der Waals surface area contributed by atoms with E-state index in [2.05, 4.69) is 20.5 Å². The van der Waals surface area contributed by atoms with Crippen LogP contribution >= 0.6 is 11.3 Å². The van der Waals surface area contributed by atoms with Crippen molar-refractivity contribution in [1.29, 1.82) is 0 Å². The van der Waals surface area contributed by atoms with Crippen LogP contribution in [-0.4, -0.2) is 51.8 Å². The second kappa shape index (κ2) is 7.68. The summed E-state index contributed by atoms with van der Waals surface area (Å²) < 4.78 is 6.94. The fourth-order valence-corrected chi connectivity index (χ4v) is 3.22. The average molecular weight is 360 g/mol. The molecule has 0 saturated heterocycles. The van der Waals surface area contributed by atoms with Crippen molar-refractivity contribution in [2.24, 2.45) is 0 Å². The molecule has 0 bridgehead atoms. The molecule has 0 atom stereocenters. The van der Waals surface area contributed by atoms with Crippen LogP contribution in [0.3, 0.4) is 0 Å². The highest BCUT2D eigenvalue weighted by Crippen LogP contribution is 2.19. The quantitative estimate of drug-likeness (QED) is 0.691. The molecule has 1 aromatic carbocycles. The third-order valence-electron chi connectivity index (χ3n) is 3.47. The highest BCUT2D eigenvalue weighted by Gasteiger charge is 2.15. The average Bonchev–Trinajstić information content (AvgIpc) is 3.13. The van der Waals surface area contributed by atoms with Crippen LogP contribution in [0.4, 0.5) is 5.13 Å². The molecule has 0 spiro atoms. The van der Waals surface area contributed by atoms with Crippen molar-refractivity contribution in [2.45, 2.75) is 19.7 Å². The fourth-order valence-electron chi connectivity index (χ4n) is 2.49. The number of hydrogen-bond acceptors (Lipinski definition) is 7. The van der Waals surface area contributed by atoms with Gasteiger partial charge in [-0.2, -0.15) is 0 Å². The van der Waals surface area contributed by atoms with Gasteiger partial charge in [-0.05, 0) is 26.2 Å². The van der Waals surface area contributed by atoms with Crippen LogP contribution in [0.2, 0.25) is 0 Å². The van der Waals surface area contributed by atoms with E-state index in [0.29, 0.717) is 18.3 Å². The Balaban J connectivity index is 1.79. The van der Waals surface area contributed by atoms with E-state index < -0.39 is 0 Å². The van der Waals surface area contributed by atoms with Gasteiger partial charge < -0.3 is 14.2 Å². The number of amides is 1. The van der Waals surface area contributed by atoms with E-state index >= 15 is 0 Å². The normalized spacial score (nSPS) is 11.4. The molecule has 3 rings (SSSR count). The van der Waals surface area contributed by atoms with Crippen LogP contribution in [0.5, 0.6) is 0 Å². The van der Waals surface area contributed by atoms with Crippen molar-refractivity contribution in [3.8, 4) is 0 Å². The molecule has 2 heterocycles. The minimum absolute atomic E-state index is 0.164. The molecule has 0 saturated carbocycles. The highest BCUT2D eigenvalue weighted by molar-refractivity contribution is 7.15. The molecule has 0 unspecified atom stereocenters. The van der Waals surface area contributed by atoms with E-state index in [1.54, 1.807) is 7.11 Å². The van der Waals surface area contributed by atoms with Crippen molar-refractivity contribution >= 4 is 33.4 Å². The van der Waals surface area contributed by atoms with Crippen molar-refractivity contribution in [2.75, 3.05) is 26.5 Å².